The molecule has 0 saturated heterocycles. The van der Waals surface area contributed by atoms with Gasteiger partial charge in [0.15, 0.2) is 0 Å². The maximum atomic E-state index is 9.25. The number of carboxylic acids is 4. The van der Waals surface area contributed by atoms with Crippen LogP contribution in [0.1, 0.15) is 5.56 Å². The van der Waals surface area contributed by atoms with Crippen LogP contribution in [0.5, 0.6) is 0 Å². The smallest absolute Gasteiger partial charge is 0.327 e. The van der Waals surface area contributed by atoms with E-state index in [9.17, 15) is 19.2 Å². The molecule has 0 unspecified atom stereocenters. The quantitative estimate of drug-likeness (QED) is 0.282. The van der Waals surface area contributed by atoms with Gasteiger partial charge in [0, 0.05) is 30.4 Å². The third-order valence-electron chi connectivity index (χ3n) is 1.83. The van der Waals surface area contributed by atoms with E-state index in [1.165, 1.54) is 11.6 Å². The number of allylic oxidation sites excluding steroid dienone is 1. The minimum absolute atomic E-state index is 0. The molecule has 1 aromatic carbocycles. The second-order valence-electron chi connectivity index (χ2n) is 4.12. The molecule has 0 atom stereocenters. The number of benzene rings is 1. The Morgan fingerprint density at radius 3 is 0.970 bits per heavy atom. The molecule has 0 bridgehead atoms. The summed E-state index contributed by atoms with van der Waals surface area (Å²) in [6.07, 6.45) is 6.35. The van der Waals surface area contributed by atoms with Crippen molar-refractivity contribution in [3.8, 4) is 6.07 Å². The molecule has 0 aliphatic rings. The van der Waals surface area contributed by atoms with Gasteiger partial charge in [0.2, 0.25) is 0 Å². The Morgan fingerprint density at radius 2 is 0.879 bits per heavy atom. The van der Waals surface area contributed by atoms with Gasteiger partial charge in [-0.05, 0) is 16.5 Å². The molecule has 0 amide bonds. The minimum Gasteiger partial charge on any atom is -0.478 e. The minimum atomic E-state index is -0.981. The lowest BCUT2D eigenvalue weighted by Gasteiger charge is -1.85. The van der Waals surface area contributed by atoms with Gasteiger partial charge in [0.05, 0.1) is 6.07 Å². The molecular formula is C23H31NO8Si. The van der Waals surface area contributed by atoms with Crippen LogP contribution in [0.3, 0.4) is 0 Å². The third-order valence-corrected chi connectivity index (χ3v) is 1.83. The molecule has 0 radical (unpaired) electrons. The zero-order valence-electron chi connectivity index (χ0n) is 17.5. The molecule has 0 aliphatic carbocycles. The third kappa shape index (κ3) is 85.6. The fourth-order valence-corrected chi connectivity index (χ4v) is 0.589. The van der Waals surface area contributed by atoms with Crippen LogP contribution in [0.25, 0.3) is 6.08 Å². The van der Waals surface area contributed by atoms with Crippen LogP contribution in [-0.4, -0.2) is 55.3 Å². The predicted molar refractivity (Wildman–Crippen MR) is 135 cm³/mol. The van der Waals surface area contributed by atoms with Gasteiger partial charge in [-0.25, -0.2) is 19.2 Å². The van der Waals surface area contributed by atoms with Crippen LogP contribution in [0, 0.1) is 11.3 Å². The van der Waals surface area contributed by atoms with Crippen molar-refractivity contribution in [2.45, 2.75) is 0 Å². The Bertz CT molecular complexity index is 709. The summed E-state index contributed by atoms with van der Waals surface area (Å²) >= 11 is 0. The number of nitriles is 1. The van der Waals surface area contributed by atoms with Gasteiger partial charge in [-0.1, -0.05) is 75.9 Å². The van der Waals surface area contributed by atoms with Crippen LogP contribution in [0.15, 0.2) is 100 Å². The number of nitrogens with zero attached hydrogens (tertiary/aromatic N) is 1. The van der Waals surface area contributed by atoms with E-state index in [0.717, 1.165) is 24.3 Å². The lowest BCUT2D eigenvalue weighted by Crippen LogP contribution is -1.82. The summed E-state index contributed by atoms with van der Waals surface area (Å²) in [6, 6.07) is 11.7. The Labute approximate surface area is 198 Å². The summed E-state index contributed by atoms with van der Waals surface area (Å²) in [5, 5.41) is 37.9. The highest BCUT2D eigenvalue weighted by Crippen LogP contribution is 1.97. The van der Waals surface area contributed by atoms with Gasteiger partial charge in [-0.2, -0.15) is 5.26 Å². The van der Waals surface area contributed by atoms with E-state index in [4.69, 9.17) is 25.7 Å². The van der Waals surface area contributed by atoms with E-state index in [0.29, 0.717) is 0 Å². The van der Waals surface area contributed by atoms with Crippen molar-refractivity contribution >= 4 is 40.9 Å². The molecule has 0 spiro atoms. The first-order valence-corrected chi connectivity index (χ1v) is 8.03. The maximum Gasteiger partial charge on any atom is 0.327 e. The van der Waals surface area contributed by atoms with E-state index < -0.39 is 23.9 Å². The van der Waals surface area contributed by atoms with E-state index in [1.54, 1.807) is 6.07 Å². The second kappa shape index (κ2) is 37.9. The molecular weight excluding hydrogens is 446 g/mol. The normalized spacial score (nSPS) is 6.39. The molecule has 1 aromatic rings. The van der Waals surface area contributed by atoms with E-state index in [2.05, 4.69) is 39.5 Å². The highest BCUT2D eigenvalue weighted by Gasteiger charge is 1.76. The molecule has 0 saturated carbocycles. The number of hydrogen-bond donors (Lipinski definition) is 4. The van der Waals surface area contributed by atoms with Crippen molar-refractivity contribution in [1.82, 2.24) is 0 Å². The molecule has 1 rings (SSSR count). The molecule has 180 valence electrons. The standard InChI is InChI=1S/C8H8.C3H3N.4C3H4O2.H4Si/c1-2-8-6-4-3-5-7-8;1-2-3-4;4*1-2-3(4)5;/h2-7H,1H2;2H,1H2;4*2H,1H2,(H,4,5);1H4. The first-order chi connectivity index (χ1) is 14.9. The van der Waals surface area contributed by atoms with Crippen LogP contribution in [0.2, 0.25) is 0 Å². The molecule has 0 heterocycles. The average Bonchev–Trinajstić information content (AvgIpc) is 2.81. The predicted octanol–water partition coefficient (Wildman–Crippen LogP) is 2.60. The average molecular weight is 478 g/mol. The Balaban J connectivity index is -0.0000000672. The molecule has 0 fully saturated rings. The SMILES string of the molecule is C=CC#N.C=CC(=O)O.C=CC(=O)O.C=CC(=O)O.C=CC(=O)O.C=Cc1ccccc1.[SiH4]. The van der Waals surface area contributed by atoms with Crippen molar-refractivity contribution in [2.24, 2.45) is 0 Å². The maximum absolute atomic E-state index is 9.25. The van der Waals surface area contributed by atoms with Gasteiger partial charge in [-0.15, -0.1) is 0 Å². The highest BCUT2D eigenvalue weighted by atomic mass is 28.1. The summed E-state index contributed by atoms with van der Waals surface area (Å²) in [7, 11) is 0. The summed E-state index contributed by atoms with van der Waals surface area (Å²) < 4.78 is 0. The second-order valence-corrected chi connectivity index (χ2v) is 4.12. The topological polar surface area (TPSA) is 173 Å². The monoisotopic (exact) mass is 477 g/mol. The van der Waals surface area contributed by atoms with E-state index in [-0.39, 0.29) is 11.0 Å². The number of carbonyl (C=O) groups is 4. The summed E-state index contributed by atoms with van der Waals surface area (Å²) in [5.74, 6) is -3.93. The molecule has 9 nitrogen and oxygen atoms in total. The fraction of sp³-hybridized carbons (Fsp3) is 0. The van der Waals surface area contributed by atoms with E-state index >= 15 is 0 Å². The lowest BCUT2D eigenvalue weighted by molar-refractivity contribution is -0.132. The number of aliphatic carboxylic acids is 4. The van der Waals surface area contributed by atoms with Crippen LogP contribution >= 0.6 is 0 Å². The van der Waals surface area contributed by atoms with Gasteiger partial charge in [-0.3, -0.25) is 0 Å². The van der Waals surface area contributed by atoms with Crippen LogP contribution < -0.4 is 0 Å². The van der Waals surface area contributed by atoms with Crippen molar-refractivity contribution in [3.05, 3.63) is 106 Å². The number of carboxylic acid groups (broad SMARTS) is 4. The summed E-state index contributed by atoms with van der Waals surface area (Å²) in [5.41, 5.74) is 1.17. The lowest BCUT2D eigenvalue weighted by atomic mass is 10.2. The zero-order chi connectivity index (χ0) is 26.4. The Morgan fingerprint density at radius 1 is 0.667 bits per heavy atom. The number of hydrogen-bond acceptors (Lipinski definition) is 5. The first kappa shape index (κ1) is 42.4. The molecule has 4 N–H and O–H groups in total. The highest BCUT2D eigenvalue weighted by molar-refractivity contribution is 5.79. The van der Waals surface area contributed by atoms with E-state index in [1.807, 2.05) is 36.4 Å². The van der Waals surface area contributed by atoms with Crippen molar-refractivity contribution < 1.29 is 39.6 Å². The Kier molecular flexibility index (Phi) is 48.7. The van der Waals surface area contributed by atoms with Crippen LogP contribution in [0.4, 0.5) is 0 Å². The fourth-order valence-electron chi connectivity index (χ4n) is 0.589. The Hall–Kier alpha value is -4.75. The number of rotatable bonds is 5. The molecule has 33 heavy (non-hydrogen) atoms. The van der Waals surface area contributed by atoms with Gasteiger partial charge >= 0.3 is 23.9 Å². The summed E-state index contributed by atoms with van der Waals surface area (Å²) in [6.45, 7) is 18.6. The van der Waals surface area contributed by atoms with Gasteiger partial charge in [0.25, 0.3) is 0 Å². The molecule has 10 heteroatoms. The zero-order valence-corrected chi connectivity index (χ0v) is 17.5. The van der Waals surface area contributed by atoms with Crippen molar-refractivity contribution in [1.29, 1.82) is 5.26 Å². The van der Waals surface area contributed by atoms with Gasteiger partial charge < -0.3 is 20.4 Å². The largest absolute Gasteiger partial charge is 0.478 e. The van der Waals surface area contributed by atoms with Crippen molar-refractivity contribution in [2.75, 3.05) is 0 Å². The van der Waals surface area contributed by atoms with Crippen LogP contribution in [-0.2, 0) is 19.2 Å². The summed E-state index contributed by atoms with van der Waals surface area (Å²) in [4.78, 5) is 37.0. The molecule has 0 aliphatic heterocycles. The first-order valence-electron chi connectivity index (χ1n) is 8.03. The van der Waals surface area contributed by atoms with Crippen molar-refractivity contribution in [3.63, 3.8) is 0 Å². The van der Waals surface area contributed by atoms with Gasteiger partial charge in [0.1, 0.15) is 0 Å². The molecule has 0 aromatic heterocycles.